The van der Waals surface area contributed by atoms with Gasteiger partial charge in [-0.1, -0.05) is 31.9 Å². The predicted octanol–water partition coefficient (Wildman–Crippen LogP) is 2.65. The molecule has 0 saturated heterocycles. The van der Waals surface area contributed by atoms with Crippen LogP contribution in [0.4, 0.5) is 11.8 Å². The van der Waals surface area contributed by atoms with Crippen LogP contribution in [0.3, 0.4) is 0 Å². The van der Waals surface area contributed by atoms with Gasteiger partial charge < -0.3 is 10.2 Å². The maximum atomic E-state index is 6.08. The van der Waals surface area contributed by atoms with Gasteiger partial charge in [0.2, 0.25) is 5.95 Å². The van der Waals surface area contributed by atoms with Crippen LogP contribution in [-0.2, 0) is 0 Å². The van der Waals surface area contributed by atoms with Crippen molar-refractivity contribution in [2.24, 2.45) is 5.92 Å². The van der Waals surface area contributed by atoms with Crippen LogP contribution in [0, 0.1) is 5.92 Å². The second kappa shape index (κ2) is 5.89. The summed E-state index contributed by atoms with van der Waals surface area (Å²) in [5, 5.41) is 3.50. The van der Waals surface area contributed by atoms with Gasteiger partial charge in [-0.05, 0) is 5.92 Å². The average molecular weight is 243 g/mol. The van der Waals surface area contributed by atoms with E-state index in [4.69, 9.17) is 11.6 Å². The van der Waals surface area contributed by atoms with Crippen LogP contribution in [0.25, 0.3) is 0 Å². The topological polar surface area (TPSA) is 41.1 Å². The average Bonchev–Trinajstić information content (AvgIpc) is 2.29. The lowest BCUT2D eigenvalue weighted by molar-refractivity contribution is 0.557. The van der Waals surface area contributed by atoms with Crippen molar-refractivity contribution < 1.29 is 0 Å². The highest BCUT2D eigenvalue weighted by atomic mass is 35.5. The van der Waals surface area contributed by atoms with Gasteiger partial charge in [-0.2, -0.15) is 4.98 Å². The standard InChI is InChI=1S/C11H19ClN4/c1-5-8(2)7-16(4)10-9(12)6-14-11(13-3)15-10/h6,8H,5,7H2,1-4H3,(H,13,14,15). The number of aromatic nitrogens is 2. The molecular weight excluding hydrogens is 224 g/mol. The first kappa shape index (κ1) is 13.0. The Morgan fingerprint density at radius 1 is 1.56 bits per heavy atom. The van der Waals surface area contributed by atoms with E-state index in [9.17, 15) is 0 Å². The van der Waals surface area contributed by atoms with Gasteiger partial charge >= 0.3 is 0 Å². The summed E-state index contributed by atoms with van der Waals surface area (Å²) >= 11 is 6.08. The fourth-order valence-corrected chi connectivity index (χ4v) is 1.66. The zero-order chi connectivity index (χ0) is 12.1. The van der Waals surface area contributed by atoms with E-state index in [1.165, 1.54) is 0 Å². The van der Waals surface area contributed by atoms with E-state index in [1.807, 2.05) is 7.05 Å². The minimum absolute atomic E-state index is 0.588. The van der Waals surface area contributed by atoms with Gasteiger partial charge in [-0.25, -0.2) is 4.98 Å². The van der Waals surface area contributed by atoms with E-state index in [0.29, 0.717) is 16.9 Å². The van der Waals surface area contributed by atoms with Gasteiger partial charge in [0.1, 0.15) is 5.02 Å². The first-order valence-electron chi connectivity index (χ1n) is 5.49. The Bertz CT molecular complexity index is 343. The van der Waals surface area contributed by atoms with Crippen molar-refractivity contribution >= 4 is 23.4 Å². The molecule has 0 bridgehead atoms. The molecule has 0 aliphatic heterocycles. The minimum atomic E-state index is 0.588. The van der Waals surface area contributed by atoms with Crippen molar-refractivity contribution in [3.63, 3.8) is 0 Å². The summed E-state index contributed by atoms with van der Waals surface area (Å²) in [5.74, 6) is 1.99. The number of nitrogens with one attached hydrogen (secondary N) is 1. The normalized spacial score (nSPS) is 12.3. The van der Waals surface area contributed by atoms with Crippen LogP contribution in [0.5, 0.6) is 0 Å². The zero-order valence-corrected chi connectivity index (χ0v) is 11.0. The molecule has 1 N–H and O–H groups in total. The zero-order valence-electron chi connectivity index (χ0n) is 10.3. The van der Waals surface area contributed by atoms with Crippen molar-refractivity contribution in [1.82, 2.24) is 9.97 Å². The minimum Gasteiger partial charge on any atom is -0.358 e. The SMILES string of the molecule is CCC(C)CN(C)c1nc(NC)ncc1Cl. The van der Waals surface area contributed by atoms with E-state index >= 15 is 0 Å². The Balaban J connectivity index is 2.84. The lowest BCUT2D eigenvalue weighted by Crippen LogP contribution is -2.25. The van der Waals surface area contributed by atoms with Crippen molar-refractivity contribution in [3.05, 3.63) is 11.2 Å². The third kappa shape index (κ3) is 3.23. The van der Waals surface area contributed by atoms with Crippen molar-refractivity contribution in [3.8, 4) is 0 Å². The molecule has 1 aromatic rings. The maximum absolute atomic E-state index is 6.08. The highest BCUT2D eigenvalue weighted by Gasteiger charge is 2.11. The van der Waals surface area contributed by atoms with Gasteiger partial charge in [0.15, 0.2) is 5.82 Å². The number of halogens is 1. The van der Waals surface area contributed by atoms with E-state index in [1.54, 1.807) is 13.2 Å². The summed E-state index contributed by atoms with van der Waals surface area (Å²) in [4.78, 5) is 10.5. The third-order valence-electron chi connectivity index (χ3n) is 2.59. The highest BCUT2D eigenvalue weighted by molar-refractivity contribution is 6.32. The summed E-state index contributed by atoms with van der Waals surface area (Å²) in [7, 11) is 3.79. The fourth-order valence-electron chi connectivity index (χ4n) is 1.43. The number of hydrogen-bond donors (Lipinski definition) is 1. The first-order chi connectivity index (χ1) is 7.58. The van der Waals surface area contributed by atoms with E-state index in [0.717, 1.165) is 18.8 Å². The van der Waals surface area contributed by atoms with Crippen molar-refractivity contribution in [1.29, 1.82) is 0 Å². The van der Waals surface area contributed by atoms with Crippen LogP contribution in [-0.4, -0.2) is 30.6 Å². The molecule has 1 aromatic heterocycles. The van der Waals surface area contributed by atoms with Crippen molar-refractivity contribution in [2.75, 3.05) is 30.9 Å². The molecule has 0 aliphatic carbocycles. The number of anilines is 2. The molecule has 16 heavy (non-hydrogen) atoms. The van der Waals surface area contributed by atoms with Gasteiger partial charge in [-0.15, -0.1) is 0 Å². The summed E-state index contributed by atoms with van der Waals surface area (Å²) < 4.78 is 0. The molecule has 4 nitrogen and oxygen atoms in total. The number of rotatable bonds is 5. The molecule has 1 atom stereocenters. The molecule has 0 amide bonds. The molecule has 0 saturated carbocycles. The van der Waals surface area contributed by atoms with Crippen LogP contribution in [0.1, 0.15) is 20.3 Å². The van der Waals surface area contributed by atoms with Gasteiger partial charge in [0.05, 0.1) is 6.20 Å². The van der Waals surface area contributed by atoms with Gasteiger partial charge in [0.25, 0.3) is 0 Å². The Hall–Kier alpha value is -1.03. The molecule has 0 radical (unpaired) electrons. The molecular formula is C11H19ClN4. The summed E-state index contributed by atoms with van der Waals surface area (Å²) in [6.45, 7) is 5.33. The van der Waals surface area contributed by atoms with Gasteiger partial charge in [-0.3, -0.25) is 0 Å². The second-order valence-corrected chi connectivity index (χ2v) is 4.42. The molecule has 0 spiro atoms. The number of hydrogen-bond acceptors (Lipinski definition) is 4. The Morgan fingerprint density at radius 2 is 2.25 bits per heavy atom. The summed E-state index contributed by atoms with van der Waals surface area (Å²) in [5.41, 5.74) is 0. The first-order valence-corrected chi connectivity index (χ1v) is 5.87. The largest absolute Gasteiger partial charge is 0.358 e. The summed E-state index contributed by atoms with van der Waals surface area (Å²) in [6.07, 6.45) is 2.77. The molecule has 1 heterocycles. The Kier molecular flexibility index (Phi) is 4.80. The Morgan fingerprint density at radius 3 is 2.81 bits per heavy atom. The lowest BCUT2D eigenvalue weighted by Gasteiger charge is -2.22. The molecule has 1 rings (SSSR count). The second-order valence-electron chi connectivity index (χ2n) is 4.01. The van der Waals surface area contributed by atoms with Gasteiger partial charge in [0, 0.05) is 20.6 Å². The molecule has 90 valence electrons. The van der Waals surface area contributed by atoms with Crippen molar-refractivity contribution in [2.45, 2.75) is 20.3 Å². The van der Waals surface area contributed by atoms with E-state index in [2.05, 4.69) is 34.0 Å². The quantitative estimate of drug-likeness (QED) is 0.862. The smallest absolute Gasteiger partial charge is 0.224 e. The predicted molar refractivity (Wildman–Crippen MR) is 69.3 cm³/mol. The molecule has 0 aliphatic rings. The van der Waals surface area contributed by atoms with Crippen LogP contribution in [0.2, 0.25) is 5.02 Å². The maximum Gasteiger partial charge on any atom is 0.224 e. The molecule has 0 aromatic carbocycles. The van der Waals surface area contributed by atoms with Crippen LogP contribution < -0.4 is 10.2 Å². The van der Waals surface area contributed by atoms with Crippen LogP contribution >= 0.6 is 11.6 Å². The van der Waals surface area contributed by atoms with E-state index in [-0.39, 0.29) is 0 Å². The highest BCUT2D eigenvalue weighted by Crippen LogP contribution is 2.23. The summed E-state index contributed by atoms with van der Waals surface area (Å²) in [6, 6.07) is 0. The third-order valence-corrected chi connectivity index (χ3v) is 2.86. The molecule has 1 unspecified atom stereocenters. The number of nitrogens with zero attached hydrogens (tertiary/aromatic N) is 3. The Labute approximate surface area is 102 Å². The van der Waals surface area contributed by atoms with E-state index < -0.39 is 0 Å². The lowest BCUT2D eigenvalue weighted by atomic mass is 10.1. The molecule has 0 fully saturated rings. The monoisotopic (exact) mass is 242 g/mol. The van der Waals surface area contributed by atoms with Crippen LogP contribution in [0.15, 0.2) is 6.20 Å². The fraction of sp³-hybridized carbons (Fsp3) is 0.636. The molecule has 5 heteroatoms.